The lowest BCUT2D eigenvalue weighted by molar-refractivity contribution is 0.0155. The van der Waals surface area contributed by atoms with Gasteiger partial charge in [0.25, 0.3) is 0 Å². The van der Waals surface area contributed by atoms with Crippen LogP contribution < -0.4 is 10.1 Å². The van der Waals surface area contributed by atoms with Crippen LogP contribution in [0.3, 0.4) is 0 Å². The predicted octanol–water partition coefficient (Wildman–Crippen LogP) is 3.48. The summed E-state index contributed by atoms with van der Waals surface area (Å²) >= 11 is 0. The summed E-state index contributed by atoms with van der Waals surface area (Å²) in [5.41, 5.74) is 2.75. The normalized spacial score (nSPS) is 21.6. The SMILES string of the molecule is CCCCCOC1CCc2cc(OC)ccc2C1NC. The number of hydrogen-bond acceptors (Lipinski definition) is 3. The maximum atomic E-state index is 6.11. The van der Waals surface area contributed by atoms with Gasteiger partial charge in [-0.25, -0.2) is 0 Å². The molecule has 1 aromatic rings. The predicted molar refractivity (Wildman–Crippen MR) is 82.4 cm³/mol. The number of rotatable bonds is 7. The third kappa shape index (κ3) is 3.53. The summed E-state index contributed by atoms with van der Waals surface area (Å²) in [4.78, 5) is 0. The van der Waals surface area contributed by atoms with Crippen LogP contribution in [0.25, 0.3) is 0 Å². The first kappa shape index (κ1) is 15.3. The summed E-state index contributed by atoms with van der Waals surface area (Å²) in [6.45, 7) is 3.10. The van der Waals surface area contributed by atoms with Crippen LogP contribution in [0.1, 0.15) is 49.8 Å². The lowest BCUT2D eigenvalue weighted by Gasteiger charge is -2.33. The van der Waals surface area contributed by atoms with E-state index in [2.05, 4.69) is 24.4 Å². The van der Waals surface area contributed by atoms with E-state index in [4.69, 9.17) is 9.47 Å². The number of aryl methyl sites for hydroxylation is 1. The van der Waals surface area contributed by atoms with Gasteiger partial charge >= 0.3 is 0 Å². The number of likely N-dealkylation sites (N-methyl/N-ethyl adjacent to an activating group) is 1. The van der Waals surface area contributed by atoms with Crippen molar-refractivity contribution in [2.45, 2.75) is 51.2 Å². The Morgan fingerprint density at radius 2 is 2.15 bits per heavy atom. The maximum Gasteiger partial charge on any atom is 0.119 e. The number of unbranched alkanes of at least 4 members (excludes halogenated alkanes) is 2. The number of nitrogens with one attached hydrogen (secondary N) is 1. The van der Waals surface area contributed by atoms with Crippen LogP contribution in [0.15, 0.2) is 18.2 Å². The molecular weight excluding hydrogens is 250 g/mol. The Morgan fingerprint density at radius 1 is 1.30 bits per heavy atom. The van der Waals surface area contributed by atoms with Crippen molar-refractivity contribution >= 4 is 0 Å². The Bertz CT molecular complexity index is 419. The minimum atomic E-state index is 0.290. The van der Waals surface area contributed by atoms with E-state index in [1.807, 2.05) is 13.1 Å². The van der Waals surface area contributed by atoms with Gasteiger partial charge in [-0.15, -0.1) is 0 Å². The Hall–Kier alpha value is -1.06. The summed E-state index contributed by atoms with van der Waals surface area (Å²) in [6, 6.07) is 6.68. The van der Waals surface area contributed by atoms with Crippen LogP contribution in [0.2, 0.25) is 0 Å². The molecule has 1 aliphatic carbocycles. The van der Waals surface area contributed by atoms with Crippen LogP contribution in [-0.4, -0.2) is 26.9 Å². The van der Waals surface area contributed by atoms with Crippen molar-refractivity contribution in [2.75, 3.05) is 20.8 Å². The smallest absolute Gasteiger partial charge is 0.119 e. The topological polar surface area (TPSA) is 30.5 Å². The molecule has 112 valence electrons. The van der Waals surface area contributed by atoms with Crippen LogP contribution in [0.5, 0.6) is 5.75 Å². The second kappa shape index (κ2) is 7.65. The Kier molecular flexibility index (Phi) is 5.86. The van der Waals surface area contributed by atoms with Crippen molar-refractivity contribution in [1.82, 2.24) is 5.32 Å². The van der Waals surface area contributed by atoms with E-state index in [-0.39, 0.29) is 6.10 Å². The second-order valence-electron chi connectivity index (χ2n) is 5.49. The second-order valence-corrected chi connectivity index (χ2v) is 5.49. The van der Waals surface area contributed by atoms with Crippen LogP contribution in [-0.2, 0) is 11.2 Å². The number of methoxy groups -OCH3 is 1. The summed E-state index contributed by atoms with van der Waals surface area (Å²) in [7, 11) is 3.74. The molecule has 0 aliphatic heterocycles. The summed E-state index contributed by atoms with van der Waals surface area (Å²) < 4.78 is 11.4. The van der Waals surface area contributed by atoms with Crippen molar-refractivity contribution < 1.29 is 9.47 Å². The first-order valence-electron chi connectivity index (χ1n) is 7.75. The van der Waals surface area contributed by atoms with E-state index in [0.29, 0.717) is 6.04 Å². The maximum absolute atomic E-state index is 6.11. The molecule has 0 amide bonds. The molecule has 2 rings (SSSR count). The molecule has 0 radical (unpaired) electrons. The molecule has 3 heteroatoms. The van der Waals surface area contributed by atoms with Crippen molar-refractivity contribution in [2.24, 2.45) is 0 Å². The van der Waals surface area contributed by atoms with Crippen molar-refractivity contribution in [1.29, 1.82) is 0 Å². The molecule has 0 saturated heterocycles. The van der Waals surface area contributed by atoms with Gasteiger partial charge < -0.3 is 14.8 Å². The van der Waals surface area contributed by atoms with E-state index in [0.717, 1.165) is 25.2 Å². The van der Waals surface area contributed by atoms with Gasteiger partial charge in [0, 0.05) is 6.61 Å². The quantitative estimate of drug-likeness (QED) is 0.774. The lowest BCUT2D eigenvalue weighted by atomic mass is 9.85. The van der Waals surface area contributed by atoms with Crippen LogP contribution in [0, 0.1) is 0 Å². The number of benzene rings is 1. The first-order valence-corrected chi connectivity index (χ1v) is 7.75. The minimum absolute atomic E-state index is 0.290. The molecule has 0 saturated carbocycles. The molecule has 0 spiro atoms. The molecule has 20 heavy (non-hydrogen) atoms. The van der Waals surface area contributed by atoms with E-state index < -0.39 is 0 Å². The van der Waals surface area contributed by atoms with Gasteiger partial charge in [-0.3, -0.25) is 0 Å². The molecule has 0 bridgehead atoms. The molecule has 0 heterocycles. The van der Waals surface area contributed by atoms with Gasteiger partial charge in [-0.2, -0.15) is 0 Å². The Labute approximate surface area is 122 Å². The fraction of sp³-hybridized carbons (Fsp3) is 0.647. The fourth-order valence-electron chi connectivity index (χ4n) is 3.00. The zero-order chi connectivity index (χ0) is 14.4. The van der Waals surface area contributed by atoms with Crippen molar-refractivity contribution in [3.05, 3.63) is 29.3 Å². The Morgan fingerprint density at radius 3 is 2.85 bits per heavy atom. The number of ether oxygens (including phenoxy) is 2. The molecule has 1 N–H and O–H groups in total. The third-order valence-corrected chi connectivity index (χ3v) is 4.15. The summed E-state index contributed by atoms with van der Waals surface area (Å²) in [5, 5.41) is 3.42. The zero-order valence-corrected chi connectivity index (χ0v) is 12.9. The summed E-state index contributed by atoms with van der Waals surface area (Å²) in [5.74, 6) is 0.945. The minimum Gasteiger partial charge on any atom is -0.497 e. The first-order chi connectivity index (χ1) is 9.80. The molecule has 1 aromatic carbocycles. The average molecular weight is 277 g/mol. The highest BCUT2D eigenvalue weighted by atomic mass is 16.5. The molecule has 2 atom stereocenters. The monoisotopic (exact) mass is 277 g/mol. The average Bonchev–Trinajstić information content (AvgIpc) is 2.50. The molecule has 3 nitrogen and oxygen atoms in total. The van der Waals surface area contributed by atoms with Gasteiger partial charge in [0.2, 0.25) is 0 Å². The molecule has 0 fully saturated rings. The van der Waals surface area contributed by atoms with Gasteiger partial charge in [0.1, 0.15) is 5.75 Å². The van der Waals surface area contributed by atoms with E-state index in [9.17, 15) is 0 Å². The van der Waals surface area contributed by atoms with Gasteiger partial charge in [0.05, 0.1) is 19.3 Å². The third-order valence-electron chi connectivity index (χ3n) is 4.15. The lowest BCUT2D eigenvalue weighted by Crippen LogP contribution is -2.36. The van der Waals surface area contributed by atoms with E-state index in [1.165, 1.54) is 30.4 Å². The van der Waals surface area contributed by atoms with Crippen molar-refractivity contribution in [3.63, 3.8) is 0 Å². The van der Waals surface area contributed by atoms with Crippen molar-refractivity contribution in [3.8, 4) is 5.75 Å². The molecule has 0 aromatic heterocycles. The van der Waals surface area contributed by atoms with Gasteiger partial charge in [-0.05, 0) is 49.6 Å². The molecular formula is C17H27NO2. The Balaban J connectivity index is 2.03. The highest BCUT2D eigenvalue weighted by Crippen LogP contribution is 2.33. The van der Waals surface area contributed by atoms with E-state index in [1.54, 1.807) is 7.11 Å². The molecule has 2 unspecified atom stereocenters. The number of hydrogen-bond donors (Lipinski definition) is 1. The standard InChI is InChI=1S/C17H27NO2/c1-4-5-6-11-20-16-10-7-13-12-14(19-3)8-9-15(13)17(16)18-2/h8-9,12,16-18H,4-7,10-11H2,1-3H3. The fourth-order valence-corrected chi connectivity index (χ4v) is 3.00. The summed E-state index contributed by atoms with van der Waals surface area (Å²) in [6.07, 6.45) is 6.11. The van der Waals surface area contributed by atoms with Crippen LogP contribution in [0.4, 0.5) is 0 Å². The van der Waals surface area contributed by atoms with E-state index >= 15 is 0 Å². The van der Waals surface area contributed by atoms with Crippen LogP contribution >= 0.6 is 0 Å². The van der Waals surface area contributed by atoms with Gasteiger partial charge in [0.15, 0.2) is 0 Å². The highest BCUT2D eigenvalue weighted by Gasteiger charge is 2.29. The zero-order valence-electron chi connectivity index (χ0n) is 12.9. The highest BCUT2D eigenvalue weighted by molar-refractivity contribution is 5.39. The number of fused-ring (bicyclic) bond motifs is 1. The largest absolute Gasteiger partial charge is 0.497 e. The molecule has 1 aliphatic rings. The van der Waals surface area contributed by atoms with Gasteiger partial charge in [-0.1, -0.05) is 25.8 Å².